The van der Waals surface area contributed by atoms with Crippen LogP contribution in [0.15, 0.2) is 12.2 Å². The molecule has 0 saturated carbocycles. The number of hydrogen-bond donors (Lipinski definition) is 6. The maximum absolute atomic E-state index is 13.1. The van der Waals surface area contributed by atoms with Crippen LogP contribution in [0.3, 0.4) is 0 Å². The normalized spacial score (nSPS) is 19.2. The van der Waals surface area contributed by atoms with Crippen molar-refractivity contribution in [1.29, 1.82) is 0 Å². The second kappa shape index (κ2) is 52.4. The van der Waals surface area contributed by atoms with Gasteiger partial charge in [0.2, 0.25) is 5.91 Å². The highest BCUT2D eigenvalue weighted by Gasteiger charge is 2.44. The van der Waals surface area contributed by atoms with Crippen molar-refractivity contribution in [3.8, 4) is 0 Å². The maximum atomic E-state index is 13.1. The zero-order valence-corrected chi connectivity index (χ0v) is 47.0. The van der Waals surface area contributed by atoms with Crippen LogP contribution in [0.5, 0.6) is 0 Å². The smallest absolute Gasteiger partial charge is 0.220 e. The third kappa shape index (κ3) is 41.8. The van der Waals surface area contributed by atoms with E-state index in [1.54, 1.807) is 6.08 Å². The molecule has 0 bridgehead atoms. The molecule has 7 unspecified atom stereocenters. The average Bonchev–Trinajstić information content (AvgIpc) is 3.37. The van der Waals surface area contributed by atoms with Gasteiger partial charge in [-0.25, -0.2) is 0 Å². The SMILES string of the molecule is CCCCCCCCCCCCCCCCCCCCCCCCCCCCC/C=C/C(O)C(COC1OC(CO)C(O)C(O)C1O)NC(=O)CCCCCCCCCCCCCCCCCCCCC. The van der Waals surface area contributed by atoms with E-state index in [0.717, 1.165) is 38.5 Å². The van der Waals surface area contributed by atoms with Gasteiger partial charge in [-0.05, 0) is 19.3 Å². The Labute approximate surface area is 439 Å². The lowest BCUT2D eigenvalue weighted by Gasteiger charge is -2.40. The number of allylic oxidation sites excluding steroid dienone is 1. The zero-order valence-electron chi connectivity index (χ0n) is 47.0. The molecule has 0 aromatic heterocycles. The molecule has 1 rings (SSSR count). The van der Waals surface area contributed by atoms with Gasteiger partial charge in [-0.3, -0.25) is 4.79 Å². The van der Waals surface area contributed by atoms with E-state index in [9.17, 15) is 30.3 Å². The summed E-state index contributed by atoms with van der Waals surface area (Å²) in [5.41, 5.74) is 0. The van der Waals surface area contributed by atoms with Crippen molar-refractivity contribution < 1.29 is 39.8 Å². The maximum Gasteiger partial charge on any atom is 0.220 e. The predicted octanol–water partition coefficient (Wildman–Crippen LogP) is 16.0. The third-order valence-electron chi connectivity index (χ3n) is 15.4. The van der Waals surface area contributed by atoms with Crippen LogP contribution < -0.4 is 5.32 Å². The molecule has 1 saturated heterocycles. The lowest BCUT2D eigenvalue weighted by molar-refractivity contribution is -0.302. The predicted molar refractivity (Wildman–Crippen MR) is 300 cm³/mol. The molecule has 7 atom stereocenters. The van der Waals surface area contributed by atoms with Crippen molar-refractivity contribution in [3.05, 3.63) is 12.2 Å². The van der Waals surface area contributed by atoms with E-state index >= 15 is 0 Å². The van der Waals surface area contributed by atoms with E-state index in [0.29, 0.717) is 6.42 Å². The van der Waals surface area contributed by atoms with E-state index < -0.39 is 49.5 Å². The van der Waals surface area contributed by atoms with Gasteiger partial charge >= 0.3 is 0 Å². The van der Waals surface area contributed by atoms with Crippen molar-refractivity contribution in [1.82, 2.24) is 5.32 Å². The van der Waals surface area contributed by atoms with E-state index in [2.05, 4.69) is 19.2 Å². The fourth-order valence-electron chi connectivity index (χ4n) is 10.4. The molecule has 422 valence electrons. The number of rotatable bonds is 55. The number of aliphatic hydroxyl groups is 5. The van der Waals surface area contributed by atoms with Gasteiger partial charge in [-0.2, -0.15) is 0 Å². The Morgan fingerprint density at radius 1 is 0.465 bits per heavy atom. The van der Waals surface area contributed by atoms with Crippen LogP contribution >= 0.6 is 0 Å². The Kier molecular flexibility index (Phi) is 50.1. The van der Waals surface area contributed by atoms with Gasteiger partial charge in [-0.15, -0.1) is 0 Å². The molecule has 1 amide bonds. The minimum Gasteiger partial charge on any atom is -0.394 e. The van der Waals surface area contributed by atoms with Gasteiger partial charge in [0.1, 0.15) is 24.4 Å². The van der Waals surface area contributed by atoms with Crippen LogP contribution in [0.25, 0.3) is 0 Å². The highest BCUT2D eigenvalue weighted by Crippen LogP contribution is 2.23. The standard InChI is InChI=1S/C62H121NO8/c1-3-5-7-9-11-13-15-17-19-21-23-24-25-26-27-28-29-30-31-32-34-35-37-39-41-43-45-47-49-51-56(65)55(54-70-62-61(69)60(68)59(67)57(53-64)71-62)63-58(66)52-50-48-46-44-42-40-38-36-33-22-20-18-16-14-12-10-8-6-4-2/h49,51,55-57,59-62,64-65,67-69H,3-48,50,52-54H2,1-2H3,(H,63,66)/b51-49+. The van der Waals surface area contributed by atoms with Gasteiger partial charge in [0, 0.05) is 6.42 Å². The molecule has 9 nitrogen and oxygen atoms in total. The minimum absolute atomic E-state index is 0.169. The summed E-state index contributed by atoms with van der Waals surface area (Å²) in [4.78, 5) is 13.1. The monoisotopic (exact) mass is 1010 g/mol. The van der Waals surface area contributed by atoms with Crippen molar-refractivity contribution in [2.75, 3.05) is 13.2 Å². The number of hydrogen-bond acceptors (Lipinski definition) is 8. The first-order valence-corrected chi connectivity index (χ1v) is 31.4. The fraction of sp³-hybridized carbons (Fsp3) is 0.952. The average molecular weight is 1010 g/mol. The number of unbranched alkanes of at least 4 members (excludes halogenated alkanes) is 45. The summed E-state index contributed by atoms with van der Waals surface area (Å²) < 4.78 is 11.3. The van der Waals surface area contributed by atoms with E-state index in [1.165, 1.54) is 263 Å². The third-order valence-corrected chi connectivity index (χ3v) is 15.4. The van der Waals surface area contributed by atoms with E-state index in [-0.39, 0.29) is 12.5 Å². The number of ether oxygens (including phenoxy) is 2. The molecule has 0 aliphatic carbocycles. The highest BCUT2D eigenvalue weighted by atomic mass is 16.7. The topological polar surface area (TPSA) is 149 Å². The summed E-state index contributed by atoms with van der Waals surface area (Å²) >= 11 is 0. The Balaban J connectivity index is 2.16. The molecule has 1 aliphatic rings. The van der Waals surface area contributed by atoms with Crippen molar-refractivity contribution in [3.63, 3.8) is 0 Å². The Hall–Kier alpha value is -1.07. The first-order chi connectivity index (χ1) is 34.8. The van der Waals surface area contributed by atoms with Crippen molar-refractivity contribution >= 4 is 5.91 Å². The Morgan fingerprint density at radius 2 is 0.775 bits per heavy atom. The van der Waals surface area contributed by atoms with Gasteiger partial charge in [0.05, 0.1) is 25.4 Å². The molecule has 0 spiro atoms. The first kappa shape index (κ1) is 67.9. The first-order valence-electron chi connectivity index (χ1n) is 31.4. The van der Waals surface area contributed by atoms with Crippen molar-refractivity contribution in [2.45, 2.75) is 365 Å². The van der Waals surface area contributed by atoms with Gasteiger partial charge in [0.15, 0.2) is 6.29 Å². The fourth-order valence-corrected chi connectivity index (χ4v) is 10.4. The number of amides is 1. The van der Waals surface area contributed by atoms with E-state index in [4.69, 9.17) is 9.47 Å². The molecule has 9 heteroatoms. The molecule has 1 heterocycles. The van der Waals surface area contributed by atoms with Crippen LogP contribution in [0.4, 0.5) is 0 Å². The van der Waals surface area contributed by atoms with Gasteiger partial charge in [0.25, 0.3) is 0 Å². The number of aliphatic hydroxyl groups excluding tert-OH is 5. The number of carbonyl (C=O) groups is 1. The molecule has 0 aromatic carbocycles. The minimum atomic E-state index is -1.56. The molecule has 71 heavy (non-hydrogen) atoms. The zero-order chi connectivity index (χ0) is 51.5. The summed E-state index contributed by atoms with van der Waals surface area (Å²) in [6, 6.07) is -0.801. The van der Waals surface area contributed by atoms with Crippen LogP contribution in [-0.2, 0) is 14.3 Å². The summed E-state index contributed by atoms with van der Waals surface area (Å²) in [6.07, 6.45) is 58.7. The second-order valence-corrected chi connectivity index (χ2v) is 22.2. The van der Waals surface area contributed by atoms with Gasteiger partial charge < -0.3 is 40.3 Å². The molecular weight excluding hydrogens is 887 g/mol. The molecule has 0 radical (unpaired) electrons. The quantitative estimate of drug-likeness (QED) is 0.0261. The van der Waals surface area contributed by atoms with Crippen LogP contribution in [0.2, 0.25) is 0 Å². The second-order valence-electron chi connectivity index (χ2n) is 22.2. The Morgan fingerprint density at radius 3 is 1.10 bits per heavy atom. The molecular formula is C62H121NO8. The lowest BCUT2D eigenvalue weighted by atomic mass is 9.99. The summed E-state index contributed by atoms with van der Waals surface area (Å²) in [5.74, 6) is -0.169. The highest BCUT2D eigenvalue weighted by molar-refractivity contribution is 5.76. The van der Waals surface area contributed by atoms with Gasteiger partial charge in [-0.1, -0.05) is 309 Å². The summed E-state index contributed by atoms with van der Waals surface area (Å²) in [7, 11) is 0. The lowest BCUT2D eigenvalue weighted by Crippen LogP contribution is -2.60. The summed E-state index contributed by atoms with van der Waals surface area (Å²) in [5, 5.41) is 54.6. The van der Waals surface area contributed by atoms with E-state index in [1.807, 2.05) is 6.08 Å². The Bertz CT molecular complexity index is 1120. The summed E-state index contributed by atoms with van der Waals surface area (Å²) in [6.45, 7) is 3.83. The molecule has 1 fully saturated rings. The molecule has 0 aromatic rings. The van der Waals surface area contributed by atoms with Crippen LogP contribution in [0.1, 0.15) is 322 Å². The van der Waals surface area contributed by atoms with Crippen LogP contribution in [0, 0.1) is 0 Å². The molecule has 1 aliphatic heterocycles. The van der Waals surface area contributed by atoms with Crippen molar-refractivity contribution in [2.24, 2.45) is 0 Å². The largest absolute Gasteiger partial charge is 0.394 e. The number of nitrogens with one attached hydrogen (secondary N) is 1. The molecule has 6 N–H and O–H groups in total. The number of carbonyl (C=O) groups excluding carboxylic acids is 1. The van der Waals surface area contributed by atoms with Crippen LogP contribution in [-0.4, -0.2) is 87.5 Å².